The standard InChI is InChI=1S/C8H13FO/c1-2-6-5-7(10)3-4-8(6)9/h2,6-8,10H,1,3-5H2/t6-,7+,8-/m1/s1. The van der Waals surface area contributed by atoms with Gasteiger partial charge in [-0.3, -0.25) is 0 Å². The Morgan fingerprint density at radius 1 is 1.50 bits per heavy atom. The number of halogens is 1. The Morgan fingerprint density at radius 2 is 2.20 bits per heavy atom. The highest BCUT2D eigenvalue weighted by Crippen LogP contribution is 2.27. The fraction of sp³-hybridized carbons (Fsp3) is 0.750. The van der Waals surface area contributed by atoms with Crippen LogP contribution in [0.1, 0.15) is 19.3 Å². The summed E-state index contributed by atoms with van der Waals surface area (Å²) >= 11 is 0. The minimum Gasteiger partial charge on any atom is -0.393 e. The number of hydrogen-bond acceptors (Lipinski definition) is 1. The lowest BCUT2D eigenvalue weighted by molar-refractivity contribution is 0.0679. The van der Waals surface area contributed by atoms with Gasteiger partial charge in [-0.1, -0.05) is 6.08 Å². The van der Waals surface area contributed by atoms with Crippen molar-refractivity contribution >= 4 is 0 Å². The number of aliphatic hydroxyl groups excluding tert-OH is 1. The Bertz CT molecular complexity index is 124. The van der Waals surface area contributed by atoms with Crippen LogP contribution in [-0.4, -0.2) is 17.4 Å². The van der Waals surface area contributed by atoms with E-state index in [-0.39, 0.29) is 12.0 Å². The van der Waals surface area contributed by atoms with Crippen LogP contribution in [-0.2, 0) is 0 Å². The summed E-state index contributed by atoms with van der Waals surface area (Å²) in [5.74, 6) is -0.122. The van der Waals surface area contributed by atoms with E-state index in [1.807, 2.05) is 0 Å². The van der Waals surface area contributed by atoms with Crippen LogP contribution in [0.15, 0.2) is 12.7 Å². The van der Waals surface area contributed by atoms with Crippen LogP contribution in [0.2, 0.25) is 0 Å². The minimum atomic E-state index is -0.777. The molecule has 0 spiro atoms. The summed E-state index contributed by atoms with van der Waals surface area (Å²) in [6, 6.07) is 0. The van der Waals surface area contributed by atoms with Crippen LogP contribution >= 0.6 is 0 Å². The van der Waals surface area contributed by atoms with Crippen molar-refractivity contribution in [2.75, 3.05) is 0 Å². The van der Waals surface area contributed by atoms with Crippen LogP contribution in [0, 0.1) is 5.92 Å². The molecule has 0 radical (unpaired) electrons. The summed E-state index contributed by atoms with van der Waals surface area (Å²) < 4.78 is 12.8. The molecule has 1 aliphatic carbocycles. The Balaban J connectivity index is 2.45. The molecule has 0 aromatic carbocycles. The second-order valence-corrected chi connectivity index (χ2v) is 2.88. The predicted octanol–water partition coefficient (Wildman–Crippen LogP) is 1.67. The molecule has 0 amide bonds. The summed E-state index contributed by atoms with van der Waals surface area (Å²) in [4.78, 5) is 0. The van der Waals surface area contributed by atoms with Gasteiger partial charge in [0.25, 0.3) is 0 Å². The first-order valence-corrected chi connectivity index (χ1v) is 3.68. The summed E-state index contributed by atoms with van der Waals surface area (Å²) in [6.07, 6.45) is 2.15. The highest BCUT2D eigenvalue weighted by Gasteiger charge is 2.26. The van der Waals surface area contributed by atoms with Crippen molar-refractivity contribution in [2.24, 2.45) is 5.92 Å². The first-order valence-electron chi connectivity index (χ1n) is 3.68. The molecule has 1 saturated carbocycles. The SMILES string of the molecule is C=C[C@@H]1C[C@@H](O)CC[C@H]1F. The molecule has 1 N–H and O–H groups in total. The number of alkyl halides is 1. The van der Waals surface area contributed by atoms with Crippen molar-refractivity contribution < 1.29 is 9.50 Å². The van der Waals surface area contributed by atoms with E-state index in [1.54, 1.807) is 6.08 Å². The van der Waals surface area contributed by atoms with E-state index in [0.717, 1.165) is 0 Å². The zero-order chi connectivity index (χ0) is 7.56. The molecule has 58 valence electrons. The molecule has 0 bridgehead atoms. The molecule has 0 unspecified atom stereocenters. The van der Waals surface area contributed by atoms with Crippen molar-refractivity contribution in [3.63, 3.8) is 0 Å². The molecule has 0 aromatic heterocycles. The van der Waals surface area contributed by atoms with E-state index in [2.05, 4.69) is 6.58 Å². The lowest BCUT2D eigenvalue weighted by Crippen LogP contribution is -2.27. The monoisotopic (exact) mass is 144 g/mol. The van der Waals surface area contributed by atoms with Gasteiger partial charge in [-0.25, -0.2) is 4.39 Å². The fourth-order valence-corrected chi connectivity index (χ4v) is 1.39. The average Bonchev–Trinajstić information content (AvgIpc) is 1.94. The number of hydrogen-bond donors (Lipinski definition) is 1. The van der Waals surface area contributed by atoms with Gasteiger partial charge in [-0.2, -0.15) is 0 Å². The van der Waals surface area contributed by atoms with Gasteiger partial charge < -0.3 is 5.11 Å². The third-order valence-corrected chi connectivity index (χ3v) is 2.09. The molecule has 0 aromatic rings. The van der Waals surface area contributed by atoms with Gasteiger partial charge in [0.05, 0.1) is 6.10 Å². The van der Waals surface area contributed by atoms with Crippen molar-refractivity contribution in [3.05, 3.63) is 12.7 Å². The molecule has 3 atom stereocenters. The van der Waals surface area contributed by atoms with Crippen molar-refractivity contribution in [3.8, 4) is 0 Å². The second kappa shape index (κ2) is 3.15. The molecule has 2 heteroatoms. The zero-order valence-corrected chi connectivity index (χ0v) is 5.96. The molecule has 0 saturated heterocycles. The van der Waals surface area contributed by atoms with Crippen LogP contribution in [0.4, 0.5) is 4.39 Å². The molecule has 1 nitrogen and oxygen atoms in total. The number of rotatable bonds is 1. The van der Waals surface area contributed by atoms with Gasteiger partial charge in [0.2, 0.25) is 0 Å². The fourth-order valence-electron chi connectivity index (χ4n) is 1.39. The normalized spacial score (nSPS) is 41.2. The van der Waals surface area contributed by atoms with E-state index < -0.39 is 6.17 Å². The molecule has 1 rings (SSSR count). The first-order chi connectivity index (χ1) is 4.74. The van der Waals surface area contributed by atoms with Gasteiger partial charge in [0, 0.05) is 5.92 Å². The number of allylic oxidation sites excluding steroid dienone is 1. The Morgan fingerprint density at radius 3 is 2.70 bits per heavy atom. The quantitative estimate of drug-likeness (QED) is 0.555. The minimum absolute atomic E-state index is 0.122. The van der Waals surface area contributed by atoms with Gasteiger partial charge in [-0.15, -0.1) is 6.58 Å². The largest absolute Gasteiger partial charge is 0.393 e. The first kappa shape index (κ1) is 7.73. The molecule has 10 heavy (non-hydrogen) atoms. The smallest absolute Gasteiger partial charge is 0.107 e. The molecule has 1 fully saturated rings. The molecule has 1 aliphatic rings. The summed E-state index contributed by atoms with van der Waals surface area (Å²) in [7, 11) is 0. The lowest BCUT2D eigenvalue weighted by Gasteiger charge is -2.26. The van der Waals surface area contributed by atoms with Gasteiger partial charge in [0.1, 0.15) is 6.17 Å². The highest BCUT2D eigenvalue weighted by molar-refractivity contribution is 4.90. The van der Waals surface area contributed by atoms with Gasteiger partial charge in [-0.05, 0) is 19.3 Å². The summed E-state index contributed by atoms with van der Waals surface area (Å²) in [5, 5.41) is 9.11. The third-order valence-electron chi connectivity index (χ3n) is 2.09. The van der Waals surface area contributed by atoms with Crippen LogP contribution < -0.4 is 0 Å². The van der Waals surface area contributed by atoms with E-state index in [4.69, 9.17) is 5.11 Å². The zero-order valence-electron chi connectivity index (χ0n) is 5.96. The lowest BCUT2D eigenvalue weighted by atomic mass is 9.86. The van der Waals surface area contributed by atoms with E-state index in [0.29, 0.717) is 19.3 Å². The van der Waals surface area contributed by atoms with Crippen molar-refractivity contribution in [1.29, 1.82) is 0 Å². The Labute approximate surface area is 60.6 Å². The van der Waals surface area contributed by atoms with Crippen LogP contribution in [0.25, 0.3) is 0 Å². The number of aliphatic hydroxyl groups is 1. The summed E-state index contributed by atoms with van der Waals surface area (Å²) in [6.45, 7) is 3.52. The average molecular weight is 144 g/mol. The molecular formula is C8H13FO. The van der Waals surface area contributed by atoms with E-state index in [9.17, 15) is 4.39 Å². The second-order valence-electron chi connectivity index (χ2n) is 2.88. The Hall–Kier alpha value is -0.370. The molecule has 0 aliphatic heterocycles. The predicted molar refractivity (Wildman–Crippen MR) is 38.4 cm³/mol. The van der Waals surface area contributed by atoms with E-state index in [1.165, 1.54) is 0 Å². The third kappa shape index (κ3) is 1.57. The highest BCUT2D eigenvalue weighted by atomic mass is 19.1. The van der Waals surface area contributed by atoms with Gasteiger partial charge >= 0.3 is 0 Å². The van der Waals surface area contributed by atoms with Gasteiger partial charge in [0.15, 0.2) is 0 Å². The van der Waals surface area contributed by atoms with Crippen molar-refractivity contribution in [1.82, 2.24) is 0 Å². The Kier molecular flexibility index (Phi) is 2.44. The maximum Gasteiger partial charge on any atom is 0.107 e. The van der Waals surface area contributed by atoms with Crippen LogP contribution in [0.3, 0.4) is 0 Å². The molecular weight excluding hydrogens is 131 g/mol. The maximum absolute atomic E-state index is 12.8. The maximum atomic E-state index is 12.8. The molecule has 0 heterocycles. The van der Waals surface area contributed by atoms with Crippen LogP contribution in [0.5, 0.6) is 0 Å². The van der Waals surface area contributed by atoms with E-state index >= 15 is 0 Å². The topological polar surface area (TPSA) is 20.2 Å². The summed E-state index contributed by atoms with van der Waals surface area (Å²) in [5.41, 5.74) is 0. The van der Waals surface area contributed by atoms with Crippen molar-refractivity contribution in [2.45, 2.75) is 31.5 Å².